The average molecular weight is 439 g/mol. The van der Waals surface area contributed by atoms with Crippen LogP contribution in [0.5, 0.6) is 0 Å². The summed E-state index contributed by atoms with van der Waals surface area (Å²) < 4.78 is 0. The van der Waals surface area contributed by atoms with Gasteiger partial charge in [-0.3, -0.25) is 4.79 Å². The largest absolute Gasteiger partial charge is 0.395 e. The predicted octanol–water partition coefficient (Wildman–Crippen LogP) is 4.64. The molecule has 1 aliphatic rings. The SMILES string of the molecule is C=C1CC(CC)(CC(=O)Nc2c(C)ccc3nc(NCCCNCCO)ccc23)CC1C. The van der Waals surface area contributed by atoms with Crippen LogP contribution in [0.4, 0.5) is 11.5 Å². The minimum atomic E-state index is 0.0282. The molecule has 3 rings (SSSR count). The Bertz CT molecular complexity index is 958. The maximum Gasteiger partial charge on any atom is 0.224 e. The molecule has 0 saturated heterocycles. The van der Waals surface area contributed by atoms with Crippen LogP contribution in [0.15, 0.2) is 36.4 Å². The number of benzene rings is 1. The summed E-state index contributed by atoms with van der Waals surface area (Å²) in [7, 11) is 0. The number of anilines is 2. The summed E-state index contributed by atoms with van der Waals surface area (Å²) in [6, 6.07) is 8.02. The lowest BCUT2D eigenvalue weighted by atomic mass is 9.79. The number of aliphatic hydroxyl groups excluding tert-OH is 1. The molecule has 4 N–H and O–H groups in total. The summed E-state index contributed by atoms with van der Waals surface area (Å²) in [4.78, 5) is 17.8. The molecular weight excluding hydrogens is 400 g/mol. The van der Waals surface area contributed by atoms with Crippen molar-refractivity contribution in [1.82, 2.24) is 10.3 Å². The van der Waals surface area contributed by atoms with Crippen molar-refractivity contribution in [2.75, 3.05) is 36.9 Å². The first-order chi connectivity index (χ1) is 15.4. The Morgan fingerprint density at radius 2 is 2.06 bits per heavy atom. The van der Waals surface area contributed by atoms with E-state index in [0.29, 0.717) is 18.9 Å². The van der Waals surface area contributed by atoms with Crippen LogP contribution in [0.25, 0.3) is 10.9 Å². The van der Waals surface area contributed by atoms with Gasteiger partial charge in [0.1, 0.15) is 5.82 Å². The Hall–Kier alpha value is -2.44. The zero-order chi connectivity index (χ0) is 23.1. The van der Waals surface area contributed by atoms with E-state index in [4.69, 9.17) is 10.1 Å². The number of aromatic nitrogens is 1. The highest BCUT2D eigenvalue weighted by Gasteiger charge is 2.39. The number of aliphatic hydroxyl groups is 1. The molecule has 0 spiro atoms. The number of rotatable bonds is 11. The fraction of sp³-hybridized carbons (Fsp3) is 0.538. The number of pyridine rings is 1. The molecule has 32 heavy (non-hydrogen) atoms. The highest BCUT2D eigenvalue weighted by atomic mass is 16.3. The van der Waals surface area contributed by atoms with Gasteiger partial charge in [-0.15, -0.1) is 0 Å². The number of nitrogens with one attached hydrogen (secondary N) is 3. The fourth-order valence-corrected chi connectivity index (χ4v) is 4.79. The number of aryl methyl sites for hydroxylation is 1. The first-order valence-electron chi connectivity index (χ1n) is 11.8. The van der Waals surface area contributed by atoms with Gasteiger partial charge in [-0.2, -0.15) is 0 Å². The summed E-state index contributed by atoms with van der Waals surface area (Å²) >= 11 is 0. The zero-order valence-electron chi connectivity index (χ0n) is 19.8. The van der Waals surface area contributed by atoms with Gasteiger partial charge < -0.3 is 21.1 Å². The fourth-order valence-electron chi connectivity index (χ4n) is 4.79. The molecule has 1 aliphatic carbocycles. The Morgan fingerprint density at radius 3 is 2.75 bits per heavy atom. The van der Waals surface area contributed by atoms with E-state index < -0.39 is 0 Å². The van der Waals surface area contributed by atoms with Crippen molar-refractivity contribution in [2.24, 2.45) is 11.3 Å². The van der Waals surface area contributed by atoms with E-state index in [2.05, 4.69) is 36.4 Å². The molecule has 6 heteroatoms. The van der Waals surface area contributed by atoms with Gasteiger partial charge in [0.2, 0.25) is 5.91 Å². The summed E-state index contributed by atoms with van der Waals surface area (Å²) in [6.45, 7) is 13.1. The van der Waals surface area contributed by atoms with Crippen LogP contribution in [-0.4, -0.2) is 42.2 Å². The Morgan fingerprint density at radius 1 is 1.25 bits per heavy atom. The van der Waals surface area contributed by atoms with Gasteiger partial charge in [-0.05, 0) is 74.2 Å². The van der Waals surface area contributed by atoms with E-state index in [1.165, 1.54) is 5.57 Å². The average Bonchev–Trinajstić information content (AvgIpc) is 3.06. The van der Waals surface area contributed by atoms with Crippen LogP contribution < -0.4 is 16.0 Å². The summed E-state index contributed by atoms with van der Waals surface area (Å²) in [6.07, 6.45) is 4.44. The molecule has 2 aromatic rings. The molecule has 0 aliphatic heterocycles. The lowest BCUT2D eigenvalue weighted by Crippen LogP contribution is -2.25. The van der Waals surface area contributed by atoms with Crippen LogP contribution in [-0.2, 0) is 4.79 Å². The molecule has 6 nitrogen and oxygen atoms in total. The van der Waals surface area contributed by atoms with E-state index in [9.17, 15) is 4.79 Å². The minimum Gasteiger partial charge on any atom is -0.395 e. The van der Waals surface area contributed by atoms with Crippen molar-refractivity contribution in [1.29, 1.82) is 0 Å². The van der Waals surface area contributed by atoms with Crippen LogP contribution >= 0.6 is 0 Å². The number of carbonyl (C=O) groups is 1. The smallest absolute Gasteiger partial charge is 0.224 e. The molecule has 2 atom stereocenters. The maximum atomic E-state index is 13.1. The molecule has 1 amide bonds. The summed E-state index contributed by atoms with van der Waals surface area (Å²) in [5.41, 5.74) is 4.06. The molecule has 1 heterocycles. The highest BCUT2D eigenvalue weighted by molar-refractivity contribution is 6.02. The molecule has 0 bridgehead atoms. The van der Waals surface area contributed by atoms with Crippen LogP contribution in [0.3, 0.4) is 0 Å². The molecule has 2 unspecified atom stereocenters. The number of nitrogens with zero attached hydrogens (tertiary/aromatic N) is 1. The topological polar surface area (TPSA) is 86.3 Å². The second-order valence-electron chi connectivity index (χ2n) is 9.29. The Balaban J connectivity index is 1.68. The Labute approximate surface area is 191 Å². The zero-order valence-corrected chi connectivity index (χ0v) is 19.8. The normalized spacial score (nSPS) is 20.6. The van der Waals surface area contributed by atoms with Gasteiger partial charge >= 0.3 is 0 Å². The van der Waals surface area contributed by atoms with E-state index in [0.717, 1.165) is 66.7 Å². The molecular formula is C26H38N4O2. The third-order valence-corrected chi connectivity index (χ3v) is 6.79. The first kappa shape index (κ1) is 24.2. The lowest BCUT2D eigenvalue weighted by molar-refractivity contribution is -0.118. The van der Waals surface area contributed by atoms with Crippen molar-refractivity contribution >= 4 is 28.3 Å². The molecule has 1 fully saturated rings. The van der Waals surface area contributed by atoms with Gasteiger partial charge in [0.05, 0.1) is 17.8 Å². The third-order valence-electron chi connectivity index (χ3n) is 6.79. The molecule has 174 valence electrons. The van der Waals surface area contributed by atoms with Gasteiger partial charge in [0, 0.05) is 24.9 Å². The van der Waals surface area contributed by atoms with E-state index in [-0.39, 0.29) is 17.9 Å². The number of fused-ring (bicyclic) bond motifs is 1. The van der Waals surface area contributed by atoms with Crippen molar-refractivity contribution < 1.29 is 9.90 Å². The molecule has 1 aromatic heterocycles. The van der Waals surface area contributed by atoms with Crippen molar-refractivity contribution in [2.45, 2.75) is 52.9 Å². The molecule has 1 saturated carbocycles. The van der Waals surface area contributed by atoms with E-state index in [1.807, 2.05) is 31.2 Å². The first-order valence-corrected chi connectivity index (χ1v) is 11.8. The van der Waals surface area contributed by atoms with E-state index in [1.54, 1.807) is 0 Å². The standard InChI is InChI=1S/C26H38N4O2/c1-5-26(15-19(3)20(4)16-26)17-24(32)30-25-18(2)7-9-22-21(25)8-10-23(29-22)28-12-6-11-27-13-14-31/h7-10,20,27,31H,3,5-6,11-17H2,1-2,4H3,(H,28,29)(H,30,32). The van der Waals surface area contributed by atoms with Crippen molar-refractivity contribution in [3.63, 3.8) is 0 Å². The highest BCUT2D eigenvalue weighted by Crippen LogP contribution is 2.49. The lowest BCUT2D eigenvalue weighted by Gasteiger charge is -2.27. The van der Waals surface area contributed by atoms with Gasteiger partial charge in [0.15, 0.2) is 0 Å². The van der Waals surface area contributed by atoms with E-state index >= 15 is 0 Å². The van der Waals surface area contributed by atoms with Crippen LogP contribution in [0, 0.1) is 18.3 Å². The summed E-state index contributed by atoms with van der Waals surface area (Å²) in [5.74, 6) is 1.38. The second kappa shape index (κ2) is 10.9. The number of allylic oxidation sites excluding steroid dienone is 1. The third kappa shape index (κ3) is 5.87. The summed E-state index contributed by atoms with van der Waals surface area (Å²) in [5, 5.41) is 19.5. The van der Waals surface area contributed by atoms with Gasteiger partial charge in [-0.1, -0.05) is 32.1 Å². The molecule has 0 radical (unpaired) electrons. The Kier molecular flexibility index (Phi) is 8.26. The monoisotopic (exact) mass is 438 g/mol. The number of hydrogen-bond acceptors (Lipinski definition) is 5. The van der Waals surface area contributed by atoms with Gasteiger partial charge in [0.25, 0.3) is 0 Å². The molecule has 1 aromatic carbocycles. The van der Waals surface area contributed by atoms with Gasteiger partial charge in [-0.25, -0.2) is 4.98 Å². The number of hydrogen-bond donors (Lipinski definition) is 4. The van der Waals surface area contributed by atoms with Crippen molar-refractivity contribution in [3.8, 4) is 0 Å². The predicted molar refractivity (Wildman–Crippen MR) is 133 cm³/mol. The minimum absolute atomic E-state index is 0.0282. The number of carbonyl (C=O) groups excluding carboxylic acids is 1. The number of amides is 1. The van der Waals surface area contributed by atoms with Crippen LogP contribution in [0.1, 0.15) is 51.5 Å². The quantitative estimate of drug-likeness (QED) is 0.303. The maximum absolute atomic E-state index is 13.1. The van der Waals surface area contributed by atoms with Crippen molar-refractivity contribution in [3.05, 3.63) is 42.0 Å². The van der Waals surface area contributed by atoms with Crippen LogP contribution in [0.2, 0.25) is 0 Å². The second-order valence-corrected chi connectivity index (χ2v) is 9.29.